The van der Waals surface area contributed by atoms with Crippen molar-refractivity contribution >= 4 is 0 Å². The summed E-state index contributed by atoms with van der Waals surface area (Å²) in [5, 5.41) is 9.83. The van der Waals surface area contributed by atoms with Gasteiger partial charge in [-0.2, -0.15) is 0 Å². The van der Waals surface area contributed by atoms with Crippen molar-refractivity contribution in [3.8, 4) is 0 Å². The lowest BCUT2D eigenvalue weighted by Gasteiger charge is -2.01. The number of allylic oxidation sites excluding steroid dienone is 1. The van der Waals surface area contributed by atoms with E-state index in [4.69, 9.17) is 0 Å². The van der Waals surface area contributed by atoms with Gasteiger partial charge in [-0.05, 0) is 0 Å². The molecule has 0 heterocycles. The summed E-state index contributed by atoms with van der Waals surface area (Å²) in [4.78, 5) is 10.4. The van der Waals surface area contributed by atoms with E-state index in [1.165, 1.54) is 0 Å². The third-order valence-corrected chi connectivity index (χ3v) is 1.09. The highest BCUT2D eigenvalue weighted by atomic mass is 16.6. The predicted molar refractivity (Wildman–Crippen MR) is 33.6 cm³/mol. The van der Waals surface area contributed by atoms with Crippen LogP contribution in [0.15, 0.2) is 11.9 Å². The van der Waals surface area contributed by atoms with Gasteiger partial charge in [0.15, 0.2) is 5.70 Å². The molecular weight excluding hydrogens is 120 g/mol. The van der Waals surface area contributed by atoms with Crippen LogP contribution >= 0.6 is 0 Å². The molecule has 0 rings (SSSR count). The van der Waals surface area contributed by atoms with Crippen LogP contribution in [-0.2, 0) is 0 Å². The van der Waals surface area contributed by atoms with E-state index in [0.717, 1.165) is 16.8 Å². The molecule has 0 spiro atoms. The molecule has 4 nitrogen and oxygen atoms in total. The van der Waals surface area contributed by atoms with E-state index in [1.54, 1.807) is 6.92 Å². The topological polar surface area (TPSA) is 47.6 Å². The smallest absolute Gasteiger partial charge is 0.289 e. The van der Waals surface area contributed by atoms with Crippen molar-refractivity contribution in [2.75, 3.05) is 14.1 Å². The molecule has 0 aliphatic heterocycles. The summed E-state index contributed by atoms with van der Waals surface area (Å²) >= 11 is 0. The normalized spacial score (nSPS) is 12.2. The van der Waals surface area contributed by atoms with Crippen molar-refractivity contribution in [2.24, 2.45) is 0 Å². The van der Waals surface area contributed by atoms with Crippen molar-refractivity contribution in [1.29, 1.82) is 0 Å². The minimum Gasteiger partial charge on any atom is -0.306 e. The maximum Gasteiger partial charge on any atom is 0.289 e. The number of rotatable bonds is 2. The molecule has 0 bridgehead atoms. The molecule has 0 atom stereocenters. The van der Waals surface area contributed by atoms with E-state index in [2.05, 4.69) is 0 Å². The Kier molecular flexibility index (Phi) is 2.87. The van der Waals surface area contributed by atoms with Gasteiger partial charge in [-0.15, -0.1) is 0 Å². The molecule has 0 aromatic carbocycles. The van der Waals surface area contributed by atoms with Gasteiger partial charge in [-0.3, -0.25) is 10.1 Å². The van der Waals surface area contributed by atoms with Crippen LogP contribution in [0.4, 0.5) is 0 Å². The largest absolute Gasteiger partial charge is 0.306 e. The minimum absolute atomic E-state index is 0.442. The standard InChI is InChI=1S/C5H10N2O2/c1-5(6(2)3)4-7(8)9/h4H,1-3H3/p+1. The molecule has 0 radical (unpaired) electrons. The van der Waals surface area contributed by atoms with E-state index in [9.17, 15) is 10.1 Å². The summed E-state index contributed by atoms with van der Waals surface area (Å²) in [7, 11) is 3.69. The molecule has 0 aromatic rings. The second-order valence-electron chi connectivity index (χ2n) is 2.10. The Morgan fingerprint density at radius 2 is 2.11 bits per heavy atom. The van der Waals surface area contributed by atoms with Crippen molar-refractivity contribution in [1.82, 2.24) is 0 Å². The quantitative estimate of drug-likeness (QED) is 0.396. The molecular formula is C5H11N2O2+. The van der Waals surface area contributed by atoms with Gasteiger partial charge in [0.2, 0.25) is 0 Å². The Hall–Kier alpha value is -0.900. The number of nitrogens with zero attached hydrogens (tertiary/aromatic N) is 1. The molecule has 0 aromatic heterocycles. The maximum absolute atomic E-state index is 9.83. The summed E-state index contributed by atoms with van der Waals surface area (Å²) < 4.78 is 0. The van der Waals surface area contributed by atoms with Crippen molar-refractivity contribution in [2.45, 2.75) is 6.92 Å². The van der Waals surface area contributed by atoms with Crippen molar-refractivity contribution in [3.63, 3.8) is 0 Å². The van der Waals surface area contributed by atoms with Crippen LogP contribution in [0.25, 0.3) is 0 Å². The van der Waals surface area contributed by atoms with E-state index in [-0.39, 0.29) is 0 Å². The van der Waals surface area contributed by atoms with E-state index in [1.807, 2.05) is 14.1 Å². The summed E-state index contributed by atoms with van der Waals surface area (Å²) in [6.45, 7) is 1.72. The molecule has 9 heavy (non-hydrogen) atoms. The van der Waals surface area contributed by atoms with Crippen LogP contribution < -0.4 is 4.90 Å². The Labute approximate surface area is 53.9 Å². The Balaban J connectivity index is 4.00. The zero-order valence-electron chi connectivity index (χ0n) is 5.84. The highest BCUT2D eigenvalue weighted by molar-refractivity contribution is 4.76. The second kappa shape index (κ2) is 3.19. The third kappa shape index (κ3) is 3.66. The number of quaternary nitrogens is 1. The van der Waals surface area contributed by atoms with Crippen LogP contribution in [0.2, 0.25) is 0 Å². The van der Waals surface area contributed by atoms with Crippen LogP contribution in [-0.4, -0.2) is 19.0 Å². The first kappa shape index (κ1) is 8.10. The SMILES string of the molecule is CC(=C[N+](=O)[O-])[NH+](C)C. The monoisotopic (exact) mass is 131 g/mol. The zero-order chi connectivity index (χ0) is 7.44. The number of hydrogen-bond donors (Lipinski definition) is 1. The molecule has 0 fully saturated rings. The zero-order valence-corrected chi connectivity index (χ0v) is 5.84. The number of hydrogen-bond acceptors (Lipinski definition) is 2. The molecule has 0 saturated carbocycles. The number of nitrogens with one attached hydrogen (secondary N) is 1. The molecule has 52 valence electrons. The van der Waals surface area contributed by atoms with E-state index < -0.39 is 4.92 Å². The first-order valence-electron chi connectivity index (χ1n) is 2.66. The van der Waals surface area contributed by atoms with Gasteiger partial charge in [-0.1, -0.05) is 0 Å². The fourth-order valence-corrected chi connectivity index (χ4v) is 0.287. The van der Waals surface area contributed by atoms with Gasteiger partial charge < -0.3 is 4.90 Å². The van der Waals surface area contributed by atoms with E-state index >= 15 is 0 Å². The average molecular weight is 131 g/mol. The van der Waals surface area contributed by atoms with Gasteiger partial charge in [0, 0.05) is 6.92 Å². The van der Waals surface area contributed by atoms with Gasteiger partial charge in [0.25, 0.3) is 6.20 Å². The average Bonchev–Trinajstić information content (AvgIpc) is 1.63. The lowest BCUT2D eigenvalue weighted by molar-refractivity contribution is -0.818. The van der Waals surface area contributed by atoms with Crippen LogP contribution in [0, 0.1) is 10.1 Å². The third-order valence-electron chi connectivity index (χ3n) is 1.09. The molecule has 0 aliphatic carbocycles. The first-order valence-corrected chi connectivity index (χ1v) is 2.66. The summed E-state index contributed by atoms with van der Waals surface area (Å²) in [5.41, 5.74) is 0.722. The Bertz CT molecular complexity index is 140. The van der Waals surface area contributed by atoms with Gasteiger partial charge in [-0.25, -0.2) is 0 Å². The van der Waals surface area contributed by atoms with Crippen molar-refractivity contribution in [3.05, 3.63) is 22.0 Å². The Morgan fingerprint density at radius 1 is 1.67 bits per heavy atom. The highest BCUT2D eigenvalue weighted by Gasteiger charge is 2.01. The highest BCUT2D eigenvalue weighted by Crippen LogP contribution is 1.77. The van der Waals surface area contributed by atoms with Crippen molar-refractivity contribution < 1.29 is 9.82 Å². The van der Waals surface area contributed by atoms with Gasteiger partial charge >= 0.3 is 0 Å². The van der Waals surface area contributed by atoms with Crippen LogP contribution in [0.5, 0.6) is 0 Å². The fourth-order valence-electron chi connectivity index (χ4n) is 0.287. The second-order valence-corrected chi connectivity index (χ2v) is 2.10. The molecule has 0 aliphatic rings. The van der Waals surface area contributed by atoms with Gasteiger partial charge in [0.05, 0.1) is 19.0 Å². The summed E-state index contributed by atoms with van der Waals surface area (Å²) in [5.74, 6) is 0. The molecule has 4 heteroatoms. The Morgan fingerprint density at radius 3 is 2.22 bits per heavy atom. The fraction of sp³-hybridized carbons (Fsp3) is 0.600. The van der Waals surface area contributed by atoms with E-state index in [0.29, 0.717) is 0 Å². The van der Waals surface area contributed by atoms with Crippen LogP contribution in [0.3, 0.4) is 0 Å². The number of nitro groups is 1. The first-order chi connectivity index (χ1) is 4.04. The lowest BCUT2D eigenvalue weighted by atomic mass is 10.5. The van der Waals surface area contributed by atoms with Crippen LogP contribution in [0.1, 0.15) is 6.92 Å². The molecule has 1 N–H and O–H groups in total. The lowest BCUT2D eigenvalue weighted by Crippen LogP contribution is -3.03. The molecule has 0 saturated heterocycles. The maximum atomic E-state index is 9.83. The summed E-state index contributed by atoms with van der Waals surface area (Å²) in [6.07, 6.45) is 1.01. The summed E-state index contributed by atoms with van der Waals surface area (Å²) in [6, 6.07) is 0. The molecule has 0 amide bonds. The van der Waals surface area contributed by atoms with Gasteiger partial charge in [0.1, 0.15) is 0 Å². The predicted octanol–water partition coefficient (Wildman–Crippen LogP) is -0.731. The minimum atomic E-state index is -0.442. The molecule has 0 unspecified atom stereocenters.